The summed E-state index contributed by atoms with van der Waals surface area (Å²) in [4.78, 5) is 15.3. The Morgan fingerprint density at radius 1 is 1.53 bits per heavy atom. The molecule has 1 aliphatic heterocycles. The maximum absolute atomic E-state index is 12.4. The van der Waals surface area contributed by atoms with Crippen LogP contribution in [-0.4, -0.2) is 61.4 Å². The number of nitrogens with zero attached hydrogens (tertiary/aromatic N) is 2. The van der Waals surface area contributed by atoms with E-state index in [0.717, 1.165) is 0 Å². The third kappa shape index (κ3) is 3.06. The maximum atomic E-state index is 12.4. The highest BCUT2D eigenvalue weighted by Crippen LogP contribution is 2.08. The molecular formula is C10H19FN2O2. The van der Waals surface area contributed by atoms with Crippen molar-refractivity contribution in [1.82, 2.24) is 9.80 Å². The Morgan fingerprint density at radius 2 is 2.20 bits per heavy atom. The standard InChI is InChI=1S/C10H19FN2O2/c1-3-12(4-2)10(14)13-5-6-15-9(7-11)8-13/h9H,3-8H2,1-2H3. The highest BCUT2D eigenvalue weighted by Gasteiger charge is 2.26. The number of carbonyl (C=O) groups excluding carboxylic acids is 1. The number of rotatable bonds is 3. The van der Waals surface area contributed by atoms with Gasteiger partial charge in [-0.1, -0.05) is 0 Å². The summed E-state index contributed by atoms with van der Waals surface area (Å²) in [5.41, 5.74) is 0. The lowest BCUT2D eigenvalue weighted by Gasteiger charge is -2.35. The largest absolute Gasteiger partial charge is 0.372 e. The SMILES string of the molecule is CCN(CC)C(=O)N1CCOC(CF)C1. The van der Waals surface area contributed by atoms with Gasteiger partial charge in [0.25, 0.3) is 0 Å². The van der Waals surface area contributed by atoms with Gasteiger partial charge in [0, 0.05) is 19.6 Å². The Bertz CT molecular complexity index is 210. The van der Waals surface area contributed by atoms with Gasteiger partial charge in [0.05, 0.1) is 13.2 Å². The smallest absolute Gasteiger partial charge is 0.320 e. The molecule has 0 N–H and O–H groups in total. The number of ether oxygens (including phenoxy) is 1. The van der Waals surface area contributed by atoms with Gasteiger partial charge >= 0.3 is 6.03 Å². The van der Waals surface area contributed by atoms with Crippen LogP contribution in [0.1, 0.15) is 13.8 Å². The van der Waals surface area contributed by atoms with Crippen molar-refractivity contribution in [2.45, 2.75) is 20.0 Å². The minimum Gasteiger partial charge on any atom is -0.372 e. The van der Waals surface area contributed by atoms with Crippen LogP contribution in [0.25, 0.3) is 0 Å². The average Bonchev–Trinajstić information content (AvgIpc) is 2.30. The molecule has 0 aromatic carbocycles. The molecule has 1 aliphatic rings. The molecule has 0 aromatic rings. The summed E-state index contributed by atoms with van der Waals surface area (Å²) in [6.07, 6.45) is -0.446. The molecular weight excluding hydrogens is 199 g/mol. The second-order valence-corrected chi connectivity index (χ2v) is 3.55. The third-order valence-electron chi connectivity index (χ3n) is 2.62. The van der Waals surface area contributed by atoms with Gasteiger partial charge < -0.3 is 14.5 Å². The lowest BCUT2D eigenvalue weighted by atomic mass is 10.3. The Morgan fingerprint density at radius 3 is 2.73 bits per heavy atom. The van der Waals surface area contributed by atoms with Crippen molar-refractivity contribution < 1.29 is 13.9 Å². The normalized spacial score (nSPS) is 21.5. The van der Waals surface area contributed by atoms with Gasteiger partial charge in [-0.05, 0) is 13.8 Å². The molecule has 1 fully saturated rings. The summed E-state index contributed by atoms with van der Waals surface area (Å²) in [6, 6.07) is -0.0123. The molecule has 0 bridgehead atoms. The molecule has 88 valence electrons. The summed E-state index contributed by atoms with van der Waals surface area (Å²) >= 11 is 0. The van der Waals surface area contributed by atoms with Gasteiger partial charge in [-0.15, -0.1) is 0 Å². The van der Waals surface area contributed by atoms with Gasteiger partial charge in [0.2, 0.25) is 0 Å². The number of urea groups is 1. The van der Waals surface area contributed by atoms with Crippen LogP contribution in [-0.2, 0) is 4.74 Å². The van der Waals surface area contributed by atoms with Gasteiger partial charge in [0.15, 0.2) is 0 Å². The van der Waals surface area contributed by atoms with Crippen molar-refractivity contribution >= 4 is 6.03 Å². The van der Waals surface area contributed by atoms with E-state index in [9.17, 15) is 9.18 Å². The van der Waals surface area contributed by atoms with E-state index in [1.54, 1.807) is 9.80 Å². The van der Waals surface area contributed by atoms with Crippen LogP contribution in [0.2, 0.25) is 0 Å². The lowest BCUT2D eigenvalue weighted by Crippen LogP contribution is -2.51. The number of amides is 2. The van der Waals surface area contributed by atoms with Crippen molar-refractivity contribution in [3.63, 3.8) is 0 Å². The number of carbonyl (C=O) groups is 1. The second kappa shape index (κ2) is 5.90. The topological polar surface area (TPSA) is 32.8 Å². The molecule has 1 unspecified atom stereocenters. The summed E-state index contributed by atoms with van der Waals surface area (Å²) < 4.78 is 17.6. The van der Waals surface area contributed by atoms with Crippen molar-refractivity contribution in [2.24, 2.45) is 0 Å². The minimum atomic E-state index is -0.526. The zero-order valence-electron chi connectivity index (χ0n) is 9.41. The molecule has 1 atom stereocenters. The molecule has 5 heteroatoms. The monoisotopic (exact) mass is 218 g/mol. The number of hydrogen-bond donors (Lipinski definition) is 0. The molecule has 0 saturated carbocycles. The fourth-order valence-electron chi connectivity index (χ4n) is 1.68. The zero-order valence-corrected chi connectivity index (χ0v) is 9.41. The second-order valence-electron chi connectivity index (χ2n) is 3.55. The fraction of sp³-hybridized carbons (Fsp3) is 0.900. The van der Waals surface area contributed by atoms with E-state index >= 15 is 0 Å². The molecule has 1 rings (SSSR count). The third-order valence-corrected chi connectivity index (χ3v) is 2.62. The Balaban J connectivity index is 2.51. The summed E-state index contributed by atoms with van der Waals surface area (Å²) in [6.45, 7) is 6.09. The van der Waals surface area contributed by atoms with Gasteiger partial charge in [-0.25, -0.2) is 9.18 Å². The van der Waals surface area contributed by atoms with Crippen LogP contribution in [0.3, 0.4) is 0 Å². The van der Waals surface area contributed by atoms with Crippen LogP contribution < -0.4 is 0 Å². The zero-order chi connectivity index (χ0) is 11.3. The summed E-state index contributed by atoms with van der Waals surface area (Å²) in [5, 5.41) is 0. The number of halogens is 1. The van der Waals surface area contributed by atoms with E-state index in [1.165, 1.54) is 0 Å². The molecule has 0 spiro atoms. The minimum absolute atomic E-state index is 0.0123. The van der Waals surface area contributed by atoms with Crippen molar-refractivity contribution in [1.29, 1.82) is 0 Å². The van der Waals surface area contributed by atoms with E-state index in [4.69, 9.17) is 4.74 Å². The van der Waals surface area contributed by atoms with Crippen LogP contribution in [0.5, 0.6) is 0 Å². The predicted molar refractivity (Wildman–Crippen MR) is 55.6 cm³/mol. The highest BCUT2D eigenvalue weighted by molar-refractivity contribution is 5.74. The van der Waals surface area contributed by atoms with E-state index < -0.39 is 12.8 Å². The maximum Gasteiger partial charge on any atom is 0.320 e. The Labute approximate surface area is 90.0 Å². The van der Waals surface area contributed by atoms with Crippen molar-refractivity contribution in [3.05, 3.63) is 0 Å². The molecule has 15 heavy (non-hydrogen) atoms. The summed E-state index contributed by atoms with van der Waals surface area (Å²) in [7, 11) is 0. The number of hydrogen-bond acceptors (Lipinski definition) is 2. The van der Waals surface area contributed by atoms with Gasteiger partial charge in [0.1, 0.15) is 12.8 Å². The highest BCUT2D eigenvalue weighted by atomic mass is 19.1. The summed E-state index contributed by atoms with van der Waals surface area (Å²) in [5.74, 6) is 0. The first kappa shape index (κ1) is 12.2. The van der Waals surface area contributed by atoms with Crippen LogP contribution in [0, 0.1) is 0 Å². The Kier molecular flexibility index (Phi) is 4.81. The van der Waals surface area contributed by atoms with E-state index in [0.29, 0.717) is 32.8 Å². The molecule has 1 saturated heterocycles. The molecule has 4 nitrogen and oxygen atoms in total. The number of morpholine rings is 1. The van der Waals surface area contributed by atoms with E-state index in [1.807, 2.05) is 13.8 Å². The van der Waals surface area contributed by atoms with Crippen LogP contribution in [0.4, 0.5) is 9.18 Å². The van der Waals surface area contributed by atoms with E-state index in [-0.39, 0.29) is 6.03 Å². The quantitative estimate of drug-likeness (QED) is 0.711. The predicted octanol–water partition coefficient (Wildman–Crippen LogP) is 1.12. The number of alkyl halides is 1. The van der Waals surface area contributed by atoms with Gasteiger partial charge in [-0.3, -0.25) is 0 Å². The van der Waals surface area contributed by atoms with Crippen LogP contribution in [0.15, 0.2) is 0 Å². The van der Waals surface area contributed by atoms with Gasteiger partial charge in [-0.2, -0.15) is 0 Å². The first-order valence-electron chi connectivity index (χ1n) is 5.44. The molecule has 0 radical (unpaired) electrons. The molecule has 0 aromatic heterocycles. The lowest BCUT2D eigenvalue weighted by molar-refractivity contribution is -0.0291. The van der Waals surface area contributed by atoms with E-state index in [2.05, 4.69) is 0 Å². The first-order valence-corrected chi connectivity index (χ1v) is 5.44. The van der Waals surface area contributed by atoms with Crippen molar-refractivity contribution in [2.75, 3.05) is 39.5 Å². The Hall–Kier alpha value is -0.840. The molecule has 2 amide bonds. The van der Waals surface area contributed by atoms with Crippen molar-refractivity contribution in [3.8, 4) is 0 Å². The molecule has 0 aliphatic carbocycles. The molecule has 1 heterocycles. The van der Waals surface area contributed by atoms with Crippen LogP contribution >= 0.6 is 0 Å². The average molecular weight is 218 g/mol. The fourth-order valence-corrected chi connectivity index (χ4v) is 1.68. The first-order chi connectivity index (χ1) is 7.22.